The molecule has 5 aromatic rings. The molecule has 0 bridgehead atoms. The van der Waals surface area contributed by atoms with Crippen LogP contribution < -0.4 is 15.0 Å². The van der Waals surface area contributed by atoms with Crippen molar-refractivity contribution >= 4 is 39.5 Å². The van der Waals surface area contributed by atoms with E-state index in [1.54, 1.807) is 49.3 Å². The Kier molecular flexibility index (Phi) is 10.7. The van der Waals surface area contributed by atoms with Gasteiger partial charge in [0.2, 0.25) is 5.91 Å². The summed E-state index contributed by atoms with van der Waals surface area (Å²) < 4.78 is 62.8. The lowest BCUT2D eigenvalue weighted by atomic mass is 10.00. The summed E-state index contributed by atoms with van der Waals surface area (Å²) in [6.07, 6.45) is 8.02. The number of halogens is 4. The number of alkyl halides is 1. The van der Waals surface area contributed by atoms with Crippen LogP contribution in [0.15, 0.2) is 54.9 Å². The zero-order valence-electron chi connectivity index (χ0n) is 28.7. The monoisotopic (exact) mass is 702 g/mol. The van der Waals surface area contributed by atoms with Gasteiger partial charge >= 0.3 is 6.01 Å². The molecule has 2 saturated heterocycles. The number of nitrogens with zero attached hydrogens (tertiary/aromatic N) is 7. The molecule has 7 rings (SSSR count). The van der Waals surface area contributed by atoms with Crippen LogP contribution in [0.3, 0.4) is 0 Å². The number of likely N-dealkylation sites (tertiary alicyclic amines) is 1. The predicted molar refractivity (Wildman–Crippen MR) is 187 cm³/mol. The molecule has 2 fully saturated rings. The minimum atomic E-state index is -1.09. The Bertz CT molecular complexity index is 2100. The minimum absolute atomic E-state index is 0.0745. The first-order valence-corrected chi connectivity index (χ1v) is 16.7. The normalized spacial score (nSPS) is 18.7. The zero-order chi connectivity index (χ0) is 36.2. The topological polar surface area (TPSA) is 109 Å². The number of aromatic nitrogens is 5. The fourth-order valence-electron chi connectivity index (χ4n) is 6.42. The molecule has 1 amide bonds. The van der Waals surface area contributed by atoms with Gasteiger partial charge in [-0.1, -0.05) is 31.2 Å². The molecule has 51 heavy (non-hydrogen) atoms. The Labute approximate surface area is 292 Å². The highest BCUT2D eigenvalue weighted by Gasteiger charge is 2.31. The van der Waals surface area contributed by atoms with Gasteiger partial charge in [0.1, 0.15) is 29.0 Å². The van der Waals surface area contributed by atoms with E-state index in [1.807, 2.05) is 4.90 Å². The fourth-order valence-corrected chi connectivity index (χ4v) is 6.42. The van der Waals surface area contributed by atoms with Gasteiger partial charge in [-0.15, -0.1) is 0 Å². The molecule has 2 aliphatic heterocycles. The predicted octanol–water partition coefficient (Wildman–Crippen LogP) is 6.22. The van der Waals surface area contributed by atoms with Crippen LogP contribution in [0, 0.1) is 24.4 Å². The SMILES string of the molecule is CCC1CC(F)CN1.COc1nc(N(C)C2CCN(C(=O)/C=C/c3ccnc(C)n3)C2)c2cnc(-c3cccc4ccc(F)c(F)c34)c(F)c2n1. The lowest BCUT2D eigenvalue weighted by Gasteiger charge is -2.27. The minimum Gasteiger partial charge on any atom is -0.467 e. The largest absolute Gasteiger partial charge is 0.467 e. The van der Waals surface area contributed by atoms with Gasteiger partial charge < -0.3 is 19.9 Å². The van der Waals surface area contributed by atoms with Gasteiger partial charge in [-0.3, -0.25) is 9.78 Å². The summed E-state index contributed by atoms with van der Waals surface area (Å²) >= 11 is 0. The molecule has 0 saturated carbocycles. The van der Waals surface area contributed by atoms with Gasteiger partial charge in [0.15, 0.2) is 17.5 Å². The fraction of sp³-hybridized carbons (Fsp3) is 0.351. The van der Waals surface area contributed by atoms with Gasteiger partial charge in [-0.25, -0.2) is 27.5 Å². The van der Waals surface area contributed by atoms with E-state index in [1.165, 1.54) is 31.5 Å². The van der Waals surface area contributed by atoms with Crippen molar-refractivity contribution in [2.75, 3.05) is 38.7 Å². The van der Waals surface area contributed by atoms with Crippen LogP contribution in [0.4, 0.5) is 23.4 Å². The van der Waals surface area contributed by atoms with E-state index in [9.17, 15) is 18.0 Å². The molecule has 3 aromatic heterocycles. The maximum atomic E-state index is 16.2. The van der Waals surface area contributed by atoms with Crippen molar-refractivity contribution in [2.24, 2.45) is 0 Å². The summed E-state index contributed by atoms with van der Waals surface area (Å²) in [4.78, 5) is 37.9. The first kappa shape index (κ1) is 35.6. The number of carbonyl (C=O) groups is 1. The Morgan fingerprint density at radius 2 is 1.92 bits per heavy atom. The molecule has 0 radical (unpaired) electrons. The molecule has 10 nitrogen and oxygen atoms in total. The second kappa shape index (κ2) is 15.3. The first-order chi connectivity index (χ1) is 24.6. The quantitative estimate of drug-likeness (QED) is 0.156. The third-order valence-electron chi connectivity index (χ3n) is 9.23. The molecule has 3 unspecified atom stereocenters. The number of likely N-dealkylation sites (N-methyl/N-ethyl adjacent to an activating group) is 1. The summed E-state index contributed by atoms with van der Waals surface area (Å²) in [5, 5.41) is 3.71. The summed E-state index contributed by atoms with van der Waals surface area (Å²) in [7, 11) is 3.17. The van der Waals surface area contributed by atoms with E-state index in [-0.39, 0.29) is 40.1 Å². The van der Waals surface area contributed by atoms with E-state index in [2.05, 4.69) is 37.2 Å². The highest BCUT2D eigenvalue weighted by molar-refractivity contribution is 5.99. The van der Waals surface area contributed by atoms with Crippen molar-refractivity contribution in [3.8, 4) is 17.3 Å². The molecule has 3 atom stereocenters. The molecule has 1 N–H and O–H groups in total. The molecule has 5 heterocycles. The van der Waals surface area contributed by atoms with E-state index in [0.29, 0.717) is 60.2 Å². The number of methoxy groups -OCH3 is 1. The summed E-state index contributed by atoms with van der Waals surface area (Å²) in [6.45, 7) is 5.35. The highest BCUT2D eigenvalue weighted by atomic mass is 19.2. The molecule has 2 aliphatic rings. The van der Waals surface area contributed by atoms with Crippen molar-refractivity contribution in [2.45, 2.75) is 51.4 Å². The van der Waals surface area contributed by atoms with Crippen molar-refractivity contribution in [1.82, 2.24) is 35.1 Å². The Morgan fingerprint density at radius 3 is 2.63 bits per heavy atom. The van der Waals surface area contributed by atoms with Crippen LogP contribution >= 0.6 is 0 Å². The number of hydrogen-bond donors (Lipinski definition) is 1. The second-order valence-electron chi connectivity index (χ2n) is 12.5. The molecule has 266 valence electrons. The first-order valence-electron chi connectivity index (χ1n) is 16.7. The Hall–Kier alpha value is -5.24. The maximum Gasteiger partial charge on any atom is 0.318 e. The summed E-state index contributed by atoms with van der Waals surface area (Å²) in [5.41, 5.74) is 0.469. The van der Waals surface area contributed by atoms with Crippen molar-refractivity contribution in [3.05, 3.63) is 83.8 Å². The third-order valence-corrected chi connectivity index (χ3v) is 9.23. The van der Waals surface area contributed by atoms with Crippen LogP contribution in [-0.2, 0) is 4.79 Å². The van der Waals surface area contributed by atoms with Crippen LogP contribution in [0.25, 0.3) is 39.0 Å². The lowest BCUT2D eigenvalue weighted by molar-refractivity contribution is -0.124. The molecular formula is C37H38F4N8O2. The number of aryl methyl sites for hydroxylation is 1. The number of amides is 1. The van der Waals surface area contributed by atoms with Crippen LogP contribution in [0.2, 0.25) is 0 Å². The number of hydrogen-bond acceptors (Lipinski definition) is 9. The zero-order valence-corrected chi connectivity index (χ0v) is 28.7. The van der Waals surface area contributed by atoms with Crippen LogP contribution in [-0.4, -0.2) is 87.8 Å². The molecule has 2 aromatic carbocycles. The van der Waals surface area contributed by atoms with E-state index >= 15 is 4.39 Å². The summed E-state index contributed by atoms with van der Waals surface area (Å²) in [5.74, 6) is -2.14. The number of benzene rings is 2. The average Bonchev–Trinajstić information content (AvgIpc) is 3.81. The Morgan fingerprint density at radius 1 is 1.10 bits per heavy atom. The number of fused-ring (bicyclic) bond motifs is 2. The number of pyridine rings is 1. The number of ether oxygens (including phenoxy) is 1. The third kappa shape index (κ3) is 7.60. The second-order valence-corrected chi connectivity index (χ2v) is 12.5. The average molecular weight is 703 g/mol. The number of carbonyl (C=O) groups excluding carboxylic acids is 1. The standard InChI is InChI=1S/C31H26F3N7O2.C6H12FN/c1-17-35-13-11-19(37-17)8-10-24(42)41-14-12-20(16-41)40(2)30-22-15-36-28(27(34)29(22)38-31(39-30)43-3)21-6-4-5-18-7-9-23(32)26(33)25(18)21;1-2-6-3-5(7)4-8-6/h4-11,13,15,20H,12,14,16H2,1-3H3;5-6,8H,2-4H2,1H3/b10-8+;. The van der Waals surface area contributed by atoms with E-state index in [0.717, 1.165) is 18.9 Å². The van der Waals surface area contributed by atoms with Gasteiger partial charge in [0, 0.05) is 68.2 Å². The summed E-state index contributed by atoms with van der Waals surface area (Å²) in [6, 6.07) is 9.13. The highest BCUT2D eigenvalue weighted by Crippen LogP contribution is 2.36. The number of anilines is 1. The number of nitrogens with one attached hydrogen (secondary N) is 1. The van der Waals surface area contributed by atoms with Crippen molar-refractivity contribution < 1.29 is 27.1 Å². The smallest absolute Gasteiger partial charge is 0.318 e. The van der Waals surface area contributed by atoms with Gasteiger partial charge in [-0.2, -0.15) is 9.97 Å². The molecule has 0 aliphatic carbocycles. The van der Waals surface area contributed by atoms with Gasteiger partial charge in [0.25, 0.3) is 0 Å². The molecule has 14 heteroatoms. The van der Waals surface area contributed by atoms with Gasteiger partial charge in [0.05, 0.1) is 18.2 Å². The number of rotatable bonds is 7. The van der Waals surface area contributed by atoms with Gasteiger partial charge in [-0.05, 0) is 49.8 Å². The lowest BCUT2D eigenvalue weighted by Crippen LogP contribution is -2.36. The van der Waals surface area contributed by atoms with Crippen LogP contribution in [0.1, 0.15) is 37.7 Å². The van der Waals surface area contributed by atoms with E-state index < -0.39 is 23.6 Å². The Balaban J connectivity index is 0.000000495. The molecule has 0 spiro atoms. The molecular weight excluding hydrogens is 664 g/mol. The van der Waals surface area contributed by atoms with E-state index in [4.69, 9.17) is 4.74 Å². The van der Waals surface area contributed by atoms with Crippen molar-refractivity contribution in [3.63, 3.8) is 0 Å². The van der Waals surface area contributed by atoms with Crippen LogP contribution in [0.5, 0.6) is 6.01 Å². The maximum absolute atomic E-state index is 16.2. The van der Waals surface area contributed by atoms with Crippen molar-refractivity contribution in [1.29, 1.82) is 0 Å².